The minimum Gasteiger partial charge on any atom is -0.496 e. The maximum absolute atomic E-state index is 13.8. The third-order valence-corrected chi connectivity index (χ3v) is 7.50. The lowest BCUT2D eigenvalue weighted by atomic mass is 9.91. The van der Waals surface area contributed by atoms with Gasteiger partial charge in [0.2, 0.25) is 11.8 Å². The highest BCUT2D eigenvalue weighted by Gasteiger charge is 2.39. The average molecular weight is 519 g/mol. The Morgan fingerprint density at radius 2 is 2.11 bits per heavy atom. The number of fused-ring (bicyclic) bond motifs is 2. The second kappa shape index (κ2) is 10.2. The van der Waals surface area contributed by atoms with Crippen molar-refractivity contribution < 1.29 is 19.1 Å². The normalized spacial score (nSPS) is 19.6. The molecule has 3 aromatic rings. The van der Waals surface area contributed by atoms with Crippen LogP contribution in [-0.2, 0) is 16.0 Å². The van der Waals surface area contributed by atoms with Gasteiger partial charge in [0.15, 0.2) is 0 Å². The van der Waals surface area contributed by atoms with E-state index in [9.17, 15) is 14.4 Å². The number of ether oxygens (including phenoxy) is 1. The fourth-order valence-electron chi connectivity index (χ4n) is 5.28. The summed E-state index contributed by atoms with van der Waals surface area (Å²) in [5, 5.41) is 7.02. The van der Waals surface area contributed by atoms with Gasteiger partial charge in [0.25, 0.3) is 5.91 Å². The zero-order chi connectivity index (χ0) is 26.1. The molecule has 0 spiro atoms. The third kappa shape index (κ3) is 4.63. The SMILES string of the molecule is C#C[C@H](C[C@@H]1CCNC1=O)NC(=O)[C@@H]1c2cccc(Cl)c2CCN1C(=O)c1cc2c(OC)cccc2[nH]1. The molecule has 0 radical (unpaired) electrons. The maximum Gasteiger partial charge on any atom is 0.271 e. The van der Waals surface area contributed by atoms with Gasteiger partial charge in [-0.3, -0.25) is 14.4 Å². The van der Waals surface area contributed by atoms with Gasteiger partial charge in [0.05, 0.1) is 13.2 Å². The molecule has 37 heavy (non-hydrogen) atoms. The lowest BCUT2D eigenvalue weighted by molar-refractivity contribution is -0.127. The lowest BCUT2D eigenvalue weighted by Gasteiger charge is -2.37. The van der Waals surface area contributed by atoms with Crippen LogP contribution in [0.15, 0.2) is 42.5 Å². The quantitative estimate of drug-likeness (QED) is 0.436. The van der Waals surface area contributed by atoms with Gasteiger partial charge in [-0.15, -0.1) is 6.42 Å². The van der Waals surface area contributed by atoms with Crippen LogP contribution < -0.4 is 15.4 Å². The molecule has 0 saturated carbocycles. The zero-order valence-electron chi connectivity index (χ0n) is 20.3. The Morgan fingerprint density at radius 3 is 2.84 bits per heavy atom. The Balaban J connectivity index is 1.47. The third-order valence-electron chi connectivity index (χ3n) is 7.15. The molecule has 0 bridgehead atoms. The fourth-order valence-corrected chi connectivity index (χ4v) is 5.55. The molecule has 190 valence electrons. The van der Waals surface area contributed by atoms with Gasteiger partial charge < -0.3 is 25.3 Å². The van der Waals surface area contributed by atoms with Crippen molar-refractivity contribution in [2.45, 2.75) is 31.3 Å². The van der Waals surface area contributed by atoms with Gasteiger partial charge in [-0.05, 0) is 54.7 Å². The standard InChI is InChI=1S/C28H27ClN4O4/c1-3-17(14-16-10-12-30-26(16)34)31-27(35)25-19-6-4-7-21(29)18(19)11-13-33(25)28(36)23-15-20-22(32-23)8-5-9-24(20)37-2/h1,4-9,15-17,25,32H,10-14H2,2H3,(H,30,34)(H,31,35)/t16-,17+,25-/m0/s1. The Labute approximate surface area is 219 Å². The van der Waals surface area contributed by atoms with Crippen LogP contribution in [-0.4, -0.2) is 53.8 Å². The van der Waals surface area contributed by atoms with Crippen LogP contribution in [0.3, 0.4) is 0 Å². The molecule has 5 rings (SSSR count). The first-order chi connectivity index (χ1) is 17.9. The van der Waals surface area contributed by atoms with Crippen LogP contribution in [0, 0.1) is 18.3 Å². The van der Waals surface area contributed by atoms with Crippen LogP contribution in [0.1, 0.15) is 40.5 Å². The number of hydrogen-bond donors (Lipinski definition) is 3. The molecule has 1 aromatic heterocycles. The van der Waals surface area contributed by atoms with E-state index in [0.717, 1.165) is 16.5 Å². The Kier molecular flexibility index (Phi) is 6.81. The summed E-state index contributed by atoms with van der Waals surface area (Å²) in [7, 11) is 1.58. The van der Waals surface area contributed by atoms with Gasteiger partial charge in [0.1, 0.15) is 17.5 Å². The zero-order valence-corrected chi connectivity index (χ0v) is 21.1. The van der Waals surface area contributed by atoms with E-state index >= 15 is 0 Å². The van der Waals surface area contributed by atoms with Gasteiger partial charge in [-0.1, -0.05) is 35.7 Å². The van der Waals surface area contributed by atoms with E-state index in [1.807, 2.05) is 24.3 Å². The first kappa shape index (κ1) is 24.7. The van der Waals surface area contributed by atoms with Crippen molar-refractivity contribution >= 4 is 40.2 Å². The largest absolute Gasteiger partial charge is 0.496 e. The van der Waals surface area contributed by atoms with Crippen LogP contribution in [0.25, 0.3) is 10.9 Å². The summed E-state index contributed by atoms with van der Waals surface area (Å²) in [5.74, 6) is 2.19. The van der Waals surface area contributed by atoms with Crippen molar-refractivity contribution in [1.82, 2.24) is 20.5 Å². The molecule has 3 N–H and O–H groups in total. The predicted molar refractivity (Wildman–Crippen MR) is 140 cm³/mol. The number of methoxy groups -OCH3 is 1. The summed E-state index contributed by atoms with van der Waals surface area (Å²) < 4.78 is 5.43. The number of rotatable bonds is 6. The van der Waals surface area contributed by atoms with Crippen LogP contribution >= 0.6 is 11.6 Å². The van der Waals surface area contributed by atoms with Crippen LogP contribution in [0.5, 0.6) is 5.75 Å². The van der Waals surface area contributed by atoms with Crippen molar-refractivity contribution in [3.05, 3.63) is 64.3 Å². The maximum atomic E-state index is 13.8. The smallest absolute Gasteiger partial charge is 0.271 e. The molecule has 0 unspecified atom stereocenters. The number of terminal acetylenes is 1. The molecule has 3 heterocycles. The van der Waals surface area contributed by atoms with Crippen LogP contribution in [0.2, 0.25) is 5.02 Å². The molecule has 9 heteroatoms. The number of nitrogens with one attached hydrogen (secondary N) is 3. The molecule has 1 saturated heterocycles. The number of aromatic nitrogens is 1. The van der Waals surface area contributed by atoms with Gasteiger partial charge in [-0.2, -0.15) is 0 Å². The van der Waals surface area contributed by atoms with Gasteiger partial charge in [-0.25, -0.2) is 0 Å². The molecule has 2 aliphatic heterocycles. The van der Waals surface area contributed by atoms with Crippen molar-refractivity contribution in [1.29, 1.82) is 0 Å². The lowest BCUT2D eigenvalue weighted by Crippen LogP contribution is -2.49. The van der Waals surface area contributed by atoms with Crippen molar-refractivity contribution in [3.8, 4) is 18.1 Å². The number of nitrogens with zero attached hydrogens (tertiary/aromatic N) is 1. The molecular weight excluding hydrogens is 492 g/mol. The molecule has 2 aromatic carbocycles. The number of carbonyl (C=O) groups is 3. The Hall–Kier alpha value is -3.96. The van der Waals surface area contributed by atoms with E-state index < -0.39 is 18.0 Å². The summed E-state index contributed by atoms with van der Waals surface area (Å²) >= 11 is 6.47. The highest BCUT2D eigenvalue weighted by Crippen LogP contribution is 2.36. The van der Waals surface area contributed by atoms with Crippen LogP contribution in [0.4, 0.5) is 0 Å². The average Bonchev–Trinajstić information content (AvgIpc) is 3.53. The fraction of sp³-hybridized carbons (Fsp3) is 0.321. The summed E-state index contributed by atoms with van der Waals surface area (Å²) in [6.45, 7) is 0.896. The van der Waals surface area contributed by atoms with Crippen molar-refractivity contribution in [2.24, 2.45) is 5.92 Å². The molecule has 2 aliphatic rings. The molecule has 0 aliphatic carbocycles. The van der Waals surface area contributed by atoms with E-state index in [1.54, 1.807) is 30.2 Å². The van der Waals surface area contributed by atoms with Gasteiger partial charge in [0, 0.05) is 34.9 Å². The number of carbonyl (C=O) groups excluding carboxylic acids is 3. The van der Waals surface area contributed by atoms with E-state index in [4.69, 9.17) is 22.8 Å². The summed E-state index contributed by atoms with van der Waals surface area (Å²) in [6, 6.07) is 11.0. The van der Waals surface area contributed by atoms with Gasteiger partial charge >= 0.3 is 0 Å². The number of benzene rings is 2. The number of halogens is 1. The van der Waals surface area contributed by atoms with E-state index in [0.29, 0.717) is 54.4 Å². The molecular formula is C28H27ClN4O4. The van der Waals surface area contributed by atoms with E-state index in [-0.39, 0.29) is 17.7 Å². The minimum absolute atomic E-state index is 0.0599. The summed E-state index contributed by atoms with van der Waals surface area (Å²) in [5.41, 5.74) is 2.59. The molecule has 1 fully saturated rings. The molecule has 3 amide bonds. The van der Waals surface area contributed by atoms with E-state index in [1.165, 1.54) is 0 Å². The number of amides is 3. The molecule has 3 atom stereocenters. The Bertz CT molecular complexity index is 1430. The minimum atomic E-state index is -0.934. The number of hydrogen-bond acceptors (Lipinski definition) is 4. The highest BCUT2D eigenvalue weighted by atomic mass is 35.5. The summed E-state index contributed by atoms with van der Waals surface area (Å²) in [6.07, 6.45) is 7.24. The van der Waals surface area contributed by atoms with Crippen molar-refractivity contribution in [3.63, 3.8) is 0 Å². The predicted octanol–water partition coefficient (Wildman–Crippen LogP) is 3.21. The monoisotopic (exact) mass is 518 g/mol. The number of H-pyrrole nitrogens is 1. The van der Waals surface area contributed by atoms with E-state index in [2.05, 4.69) is 21.5 Å². The highest BCUT2D eigenvalue weighted by molar-refractivity contribution is 6.31. The summed E-state index contributed by atoms with van der Waals surface area (Å²) in [4.78, 5) is 44.3. The number of aromatic amines is 1. The molecule has 8 nitrogen and oxygen atoms in total. The topological polar surface area (TPSA) is 104 Å². The second-order valence-corrected chi connectivity index (χ2v) is 9.71. The first-order valence-corrected chi connectivity index (χ1v) is 12.6. The Morgan fingerprint density at radius 1 is 1.30 bits per heavy atom. The first-order valence-electron chi connectivity index (χ1n) is 12.2. The second-order valence-electron chi connectivity index (χ2n) is 9.30. The van der Waals surface area contributed by atoms with Crippen molar-refractivity contribution in [2.75, 3.05) is 20.2 Å².